The molecule has 0 saturated heterocycles. The molecule has 1 aliphatic rings. The lowest BCUT2D eigenvalue weighted by Crippen LogP contribution is -2.16. The van der Waals surface area contributed by atoms with E-state index in [4.69, 9.17) is 21.1 Å². The highest BCUT2D eigenvalue weighted by Gasteiger charge is 2.38. The number of alkyl halides is 3. The molecule has 0 aliphatic carbocycles. The second-order valence-corrected chi connectivity index (χ2v) is 7.07. The first-order chi connectivity index (χ1) is 15.1. The van der Waals surface area contributed by atoms with Crippen LogP contribution in [0.3, 0.4) is 0 Å². The van der Waals surface area contributed by atoms with E-state index in [2.05, 4.69) is 10.4 Å². The van der Waals surface area contributed by atoms with E-state index in [0.29, 0.717) is 0 Å². The Morgan fingerprint density at radius 3 is 2.62 bits per heavy atom. The van der Waals surface area contributed by atoms with Crippen molar-refractivity contribution in [3.05, 3.63) is 63.9 Å². The molecule has 0 radical (unpaired) electrons. The summed E-state index contributed by atoms with van der Waals surface area (Å²) in [6.45, 7) is 1.21. The number of carbonyl (C=O) groups is 2. The monoisotopic (exact) mass is 467 g/mol. The van der Waals surface area contributed by atoms with Crippen molar-refractivity contribution in [2.75, 3.05) is 12.1 Å². The van der Waals surface area contributed by atoms with Gasteiger partial charge >= 0.3 is 12.1 Å². The Morgan fingerprint density at radius 2 is 1.97 bits per heavy atom. The normalized spacial score (nSPS) is 12.7. The van der Waals surface area contributed by atoms with Gasteiger partial charge in [0, 0.05) is 5.56 Å². The van der Waals surface area contributed by atoms with Crippen molar-refractivity contribution < 1.29 is 37.3 Å². The topological polar surface area (TPSA) is 103 Å². The van der Waals surface area contributed by atoms with Crippen molar-refractivity contribution in [3.63, 3.8) is 0 Å². The summed E-state index contributed by atoms with van der Waals surface area (Å²) in [4.78, 5) is 24.5. The number of fused-ring (bicyclic) bond motifs is 1. The number of hydrogen-bond acceptors (Lipinski definition) is 5. The fourth-order valence-electron chi connectivity index (χ4n) is 3.18. The summed E-state index contributed by atoms with van der Waals surface area (Å²) < 4.78 is 50.6. The van der Waals surface area contributed by atoms with Crippen molar-refractivity contribution in [3.8, 4) is 17.2 Å². The smallest absolute Gasteiger partial charge is 0.436 e. The molecule has 0 atom stereocenters. The molecule has 1 amide bonds. The predicted molar refractivity (Wildman–Crippen MR) is 106 cm³/mol. The van der Waals surface area contributed by atoms with Gasteiger partial charge in [0.15, 0.2) is 17.2 Å². The molecule has 166 valence electrons. The van der Waals surface area contributed by atoms with Gasteiger partial charge in [-0.3, -0.25) is 4.79 Å². The Bertz CT molecular complexity index is 1260. The molecular formula is C20H13ClF3N3O5. The number of amides is 1. The summed E-state index contributed by atoms with van der Waals surface area (Å²) in [5.41, 5.74) is -1.30. The largest absolute Gasteiger partial charge is 0.477 e. The second kappa shape index (κ2) is 7.75. The minimum Gasteiger partial charge on any atom is -0.477 e. The zero-order chi connectivity index (χ0) is 23.2. The van der Waals surface area contributed by atoms with Gasteiger partial charge in [-0.15, -0.1) is 0 Å². The summed E-state index contributed by atoms with van der Waals surface area (Å²) in [5.74, 6) is -1.81. The predicted octanol–water partition coefficient (Wildman–Crippen LogP) is 4.53. The van der Waals surface area contributed by atoms with Gasteiger partial charge in [-0.25, -0.2) is 9.48 Å². The van der Waals surface area contributed by atoms with E-state index in [-0.39, 0.29) is 46.5 Å². The van der Waals surface area contributed by atoms with Crippen LogP contribution in [0.5, 0.6) is 11.5 Å². The first-order valence-corrected chi connectivity index (χ1v) is 9.35. The van der Waals surface area contributed by atoms with Gasteiger partial charge < -0.3 is 19.9 Å². The van der Waals surface area contributed by atoms with E-state index in [1.165, 1.54) is 43.3 Å². The van der Waals surface area contributed by atoms with E-state index < -0.39 is 28.8 Å². The fourth-order valence-corrected chi connectivity index (χ4v) is 3.40. The number of hydrogen-bond donors (Lipinski definition) is 2. The zero-order valence-corrected chi connectivity index (χ0v) is 16.9. The Hall–Kier alpha value is -3.73. The van der Waals surface area contributed by atoms with Gasteiger partial charge in [-0.05, 0) is 37.3 Å². The third-order valence-electron chi connectivity index (χ3n) is 4.67. The lowest BCUT2D eigenvalue weighted by molar-refractivity contribution is -0.141. The third-order valence-corrected chi connectivity index (χ3v) is 5.12. The third kappa shape index (κ3) is 3.71. The molecular weight excluding hydrogens is 455 g/mol. The summed E-state index contributed by atoms with van der Waals surface area (Å²) >= 11 is 5.79. The van der Waals surface area contributed by atoms with E-state index in [1.807, 2.05) is 0 Å². The molecule has 0 fully saturated rings. The Kier molecular flexibility index (Phi) is 5.21. The quantitative estimate of drug-likeness (QED) is 0.584. The van der Waals surface area contributed by atoms with Gasteiger partial charge in [0.1, 0.15) is 5.56 Å². The highest BCUT2D eigenvalue weighted by atomic mass is 35.5. The number of halogens is 4. The first kappa shape index (κ1) is 21.5. The molecule has 8 nitrogen and oxygen atoms in total. The molecule has 2 N–H and O–H groups in total. The van der Waals surface area contributed by atoms with Crippen LogP contribution in [0.4, 0.5) is 18.9 Å². The average Bonchev–Trinajstić information content (AvgIpc) is 3.32. The standard InChI is InChI=1S/C20H13ClF3N3O5/c1-9-15(21)17(20(22,23)24)26-27(9)11-4-2-3-10(7-11)18(28)25-12-5-6-13-16(32-8-31-13)14(12)19(29)30/h2-7H,8H2,1H3,(H,25,28)(H,29,30). The van der Waals surface area contributed by atoms with Crippen LogP contribution >= 0.6 is 11.6 Å². The number of benzene rings is 2. The molecule has 0 bridgehead atoms. The molecule has 2 heterocycles. The number of nitrogens with zero attached hydrogens (tertiary/aromatic N) is 2. The SMILES string of the molecule is Cc1c(Cl)c(C(F)(F)F)nn1-c1cccc(C(=O)Nc2ccc3c(c2C(=O)O)OCO3)c1. The maximum absolute atomic E-state index is 13.1. The molecule has 3 aromatic rings. The van der Waals surface area contributed by atoms with Crippen molar-refractivity contribution in [1.29, 1.82) is 0 Å². The van der Waals surface area contributed by atoms with E-state index >= 15 is 0 Å². The lowest BCUT2D eigenvalue weighted by Gasteiger charge is -2.11. The number of ether oxygens (including phenoxy) is 2. The summed E-state index contributed by atoms with van der Waals surface area (Å²) in [6, 6.07) is 8.43. The van der Waals surface area contributed by atoms with Gasteiger partial charge in [0.2, 0.25) is 6.79 Å². The first-order valence-electron chi connectivity index (χ1n) is 8.98. The van der Waals surface area contributed by atoms with Crippen molar-refractivity contribution in [2.45, 2.75) is 13.1 Å². The van der Waals surface area contributed by atoms with Gasteiger partial charge in [-0.2, -0.15) is 18.3 Å². The average molecular weight is 468 g/mol. The van der Waals surface area contributed by atoms with Crippen LogP contribution in [0.15, 0.2) is 36.4 Å². The van der Waals surface area contributed by atoms with E-state index in [9.17, 15) is 27.9 Å². The summed E-state index contributed by atoms with van der Waals surface area (Å²) in [7, 11) is 0. The maximum Gasteiger partial charge on any atom is 0.436 e. The molecule has 32 heavy (non-hydrogen) atoms. The zero-order valence-electron chi connectivity index (χ0n) is 16.2. The fraction of sp³-hybridized carbons (Fsp3) is 0.150. The van der Waals surface area contributed by atoms with Crippen LogP contribution in [0.1, 0.15) is 32.1 Å². The lowest BCUT2D eigenvalue weighted by atomic mass is 10.1. The number of carbonyl (C=O) groups excluding carboxylic acids is 1. The minimum absolute atomic E-state index is 0.00876. The van der Waals surface area contributed by atoms with Crippen LogP contribution in [0.25, 0.3) is 5.69 Å². The van der Waals surface area contributed by atoms with Crippen LogP contribution in [0, 0.1) is 6.92 Å². The highest BCUT2D eigenvalue weighted by molar-refractivity contribution is 6.32. The molecule has 0 saturated carbocycles. The minimum atomic E-state index is -4.74. The van der Waals surface area contributed by atoms with Crippen LogP contribution in [0.2, 0.25) is 5.02 Å². The highest BCUT2D eigenvalue weighted by Crippen LogP contribution is 2.40. The van der Waals surface area contributed by atoms with Gasteiger partial charge in [0.05, 0.1) is 22.1 Å². The van der Waals surface area contributed by atoms with Gasteiger partial charge in [-0.1, -0.05) is 17.7 Å². The summed E-state index contributed by atoms with van der Waals surface area (Å²) in [6.07, 6.45) is -4.74. The number of aromatic nitrogens is 2. The molecule has 0 unspecified atom stereocenters. The molecule has 12 heteroatoms. The number of nitrogens with one attached hydrogen (secondary N) is 1. The Labute approximate surface area is 183 Å². The number of carboxylic acids is 1. The van der Waals surface area contributed by atoms with Crippen LogP contribution in [-0.4, -0.2) is 33.6 Å². The second-order valence-electron chi connectivity index (χ2n) is 6.69. The van der Waals surface area contributed by atoms with Crippen molar-refractivity contribution in [2.24, 2.45) is 0 Å². The molecule has 2 aromatic carbocycles. The van der Waals surface area contributed by atoms with Crippen molar-refractivity contribution >= 4 is 29.2 Å². The Morgan fingerprint density at radius 1 is 1.22 bits per heavy atom. The summed E-state index contributed by atoms with van der Waals surface area (Å²) in [5, 5.41) is 15.0. The van der Waals surface area contributed by atoms with E-state index in [0.717, 1.165) is 4.68 Å². The van der Waals surface area contributed by atoms with Gasteiger partial charge in [0.25, 0.3) is 5.91 Å². The molecule has 1 aromatic heterocycles. The van der Waals surface area contributed by atoms with Crippen molar-refractivity contribution in [1.82, 2.24) is 9.78 Å². The van der Waals surface area contributed by atoms with E-state index in [1.54, 1.807) is 0 Å². The maximum atomic E-state index is 13.1. The Balaban J connectivity index is 1.67. The molecule has 1 aliphatic heterocycles. The molecule has 0 spiro atoms. The molecule has 4 rings (SSSR count). The number of aromatic carboxylic acids is 1. The van der Waals surface area contributed by atoms with Crippen LogP contribution < -0.4 is 14.8 Å². The number of carboxylic acid groups (broad SMARTS) is 1. The number of anilines is 1. The number of rotatable bonds is 4. The van der Waals surface area contributed by atoms with Crippen LogP contribution in [-0.2, 0) is 6.18 Å².